The molecule has 0 spiro atoms. The maximum absolute atomic E-state index is 12.6. The minimum absolute atomic E-state index is 0.133. The summed E-state index contributed by atoms with van der Waals surface area (Å²) in [6.45, 7) is 4.70. The Morgan fingerprint density at radius 1 is 1.27 bits per heavy atom. The number of halogens is 3. The first-order valence-electron chi connectivity index (χ1n) is 7.58. The number of rotatable bonds is 7. The zero-order chi connectivity index (χ0) is 16.6. The average Bonchev–Trinajstić information content (AvgIpc) is 2.47. The van der Waals surface area contributed by atoms with Crippen LogP contribution in [0.15, 0.2) is 24.3 Å². The van der Waals surface area contributed by atoms with Crippen LogP contribution in [0.2, 0.25) is 0 Å². The van der Waals surface area contributed by atoms with Crippen LogP contribution in [0.3, 0.4) is 0 Å². The molecule has 0 aliphatic heterocycles. The molecule has 0 aromatic heterocycles. The van der Waals surface area contributed by atoms with Crippen molar-refractivity contribution < 1.29 is 18.0 Å². The Bertz CT molecular complexity index is 475. The van der Waals surface area contributed by atoms with Crippen molar-refractivity contribution in [3.05, 3.63) is 29.8 Å². The topological polar surface area (TPSA) is 41.1 Å². The summed E-state index contributed by atoms with van der Waals surface area (Å²) in [6, 6.07) is 4.13. The molecule has 1 aromatic rings. The van der Waals surface area contributed by atoms with Crippen molar-refractivity contribution in [2.45, 2.75) is 45.7 Å². The summed E-state index contributed by atoms with van der Waals surface area (Å²) in [7, 11) is 0. The number of nitrogens with one attached hydrogen (secondary N) is 2. The SMILES string of the molecule is CCCC[C@H](CC)CNC(=O)Nc1cccc(C(F)(F)F)c1. The molecule has 124 valence electrons. The van der Waals surface area contributed by atoms with E-state index in [9.17, 15) is 18.0 Å². The second-order valence-corrected chi connectivity index (χ2v) is 5.33. The lowest BCUT2D eigenvalue weighted by Gasteiger charge is -2.16. The predicted octanol–water partition coefficient (Wildman–Crippen LogP) is 5.04. The van der Waals surface area contributed by atoms with Gasteiger partial charge in [0.15, 0.2) is 0 Å². The molecule has 1 atom stereocenters. The number of anilines is 1. The number of hydrogen-bond donors (Lipinski definition) is 2. The molecule has 0 aliphatic carbocycles. The van der Waals surface area contributed by atoms with Crippen LogP contribution in [-0.4, -0.2) is 12.6 Å². The van der Waals surface area contributed by atoms with E-state index in [4.69, 9.17) is 0 Å². The van der Waals surface area contributed by atoms with Crippen molar-refractivity contribution in [1.29, 1.82) is 0 Å². The molecular formula is C16H23F3N2O. The van der Waals surface area contributed by atoms with Gasteiger partial charge in [0.1, 0.15) is 0 Å². The lowest BCUT2D eigenvalue weighted by Crippen LogP contribution is -2.33. The first-order valence-corrected chi connectivity index (χ1v) is 7.58. The largest absolute Gasteiger partial charge is 0.416 e. The van der Waals surface area contributed by atoms with Gasteiger partial charge in [0, 0.05) is 12.2 Å². The smallest absolute Gasteiger partial charge is 0.338 e. The molecule has 22 heavy (non-hydrogen) atoms. The molecule has 0 unspecified atom stereocenters. The van der Waals surface area contributed by atoms with Crippen LogP contribution in [0, 0.1) is 5.92 Å². The molecule has 1 aromatic carbocycles. The molecular weight excluding hydrogens is 293 g/mol. The fourth-order valence-corrected chi connectivity index (χ4v) is 2.13. The first kappa shape index (κ1) is 18.3. The molecule has 3 nitrogen and oxygen atoms in total. The number of carbonyl (C=O) groups excluding carboxylic acids is 1. The number of unbranched alkanes of at least 4 members (excludes halogenated alkanes) is 1. The molecule has 0 aliphatic rings. The standard InChI is InChI=1S/C16H23F3N2O/c1-3-5-7-12(4-2)11-20-15(22)21-14-9-6-8-13(10-14)16(17,18)19/h6,8-10,12H,3-5,7,11H2,1-2H3,(H2,20,21,22)/t12-/m0/s1. The molecule has 0 saturated heterocycles. The van der Waals surface area contributed by atoms with Crippen LogP contribution in [0.1, 0.15) is 45.1 Å². The van der Waals surface area contributed by atoms with E-state index in [0.29, 0.717) is 12.5 Å². The number of benzene rings is 1. The van der Waals surface area contributed by atoms with E-state index >= 15 is 0 Å². The highest BCUT2D eigenvalue weighted by Crippen LogP contribution is 2.30. The third-order valence-electron chi connectivity index (χ3n) is 3.54. The maximum Gasteiger partial charge on any atom is 0.416 e. The van der Waals surface area contributed by atoms with Crippen molar-refractivity contribution >= 4 is 11.7 Å². The van der Waals surface area contributed by atoms with Gasteiger partial charge < -0.3 is 10.6 Å². The molecule has 0 heterocycles. The average molecular weight is 316 g/mol. The monoisotopic (exact) mass is 316 g/mol. The van der Waals surface area contributed by atoms with Gasteiger partial charge in [-0.15, -0.1) is 0 Å². The Morgan fingerprint density at radius 3 is 2.59 bits per heavy atom. The Hall–Kier alpha value is -1.72. The normalized spacial score (nSPS) is 12.8. The highest BCUT2D eigenvalue weighted by molar-refractivity contribution is 5.89. The van der Waals surface area contributed by atoms with Gasteiger partial charge in [0.05, 0.1) is 5.56 Å². The molecule has 0 fully saturated rings. The molecule has 2 N–H and O–H groups in total. The van der Waals surface area contributed by atoms with Gasteiger partial charge in [-0.05, 0) is 30.5 Å². The predicted molar refractivity (Wildman–Crippen MR) is 81.8 cm³/mol. The van der Waals surface area contributed by atoms with Gasteiger partial charge in [0.25, 0.3) is 0 Å². The van der Waals surface area contributed by atoms with Crippen molar-refractivity contribution in [3.63, 3.8) is 0 Å². The number of amides is 2. The van der Waals surface area contributed by atoms with Crippen LogP contribution in [0.25, 0.3) is 0 Å². The Balaban J connectivity index is 2.51. The van der Waals surface area contributed by atoms with Crippen LogP contribution in [-0.2, 0) is 6.18 Å². The maximum atomic E-state index is 12.6. The fourth-order valence-electron chi connectivity index (χ4n) is 2.13. The fraction of sp³-hybridized carbons (Fsp3) is 0.562. The molecule has 0 saturated carbocycles. The van der Waals surface area contributed by atoms with Crippen molar-refractivity contribution in [1.82, 2.24) is 5.32 Å². The van der Waals surface area contributed by atoms with Gasteiger partial charge in [-0.2, -0.15) is 13.2 Å². The third-order valence-corrected chi connectivity index (χ3v) is 3.54. The summed E-state index contributed by atoms with van der Waals surface area (Å²) >= 11 is 0. The van der Waals surface area contributed by atoms with Gasteiger partial charge in [-0.3, -0.25) is 0 Å². The van der Waals surface area contributed by atoms with E-state index in [0.717, 1.165) is 37.8 Å². The molecule has 6 heteroatoms. The quantitative estimate of drug-likeness (QED) is 0.726. The van der Waals surface area contributed by atoms with Crippen LogP contribution < -0.4 is 10.6 Å². The Labute approximate surface area is 129 Å². The van der Waals surface area contributed by atoms with Crippen LogP contribution in [0.4, 0.5) is 23.7 Å². The number of carbonyl (C=O) groups is 1. The Morgan fingerprint density at radius 2 is 2.00 bits per heavy atom. The lowest BCUT2D eigenvalue weighted by atomic mass is 9.99. The van der Waals surface area contributed by atoms with Gasteiger partial charge >= 0.3 is 12.2 Å². The number of hydrogen-bond acceptors (Lipinski definition) is 1. The van der Waals surface area contributed by atoms with Crippen LogP contribution in [0.5, 0.6) is 0 Å². The first-order chi connectivity index (χ1) is 10.4. The van der Waals surface area contributed by atoms with Crippen molar-refractivity contribution in [2.75, 3.05) is 11.9 Å². The second-order valence-electron chi connectivity index (χ2n) is 5.33. The van der Waals surface area contributed by atoms with E-state index < -0.39 is 17.8 Å². The van der Waals surface area contributed by atoms with E-state index in [-0.39, 0.29) is 5.69 Å². The summed E-state index contributed by atoms with van der Waals surface area (Å²) in [6.07, 6.45) is -0.204. The van der Waals surface area contributed by atoms with Crippen molar-refractivity contribution in [3.8, 4) is 0 Å². The number of urea groups is 1. The third kappa shape index (κ3) is 6.37. The van der Waals surface area contributed by atoms with Gasteiger partial charge in [0.2, 0.25) is 0 Å². The van der Waals surface area contributed by atoms with E-state index in [2.05, 4.69) is 24.5 Å². The van der Waals surface area contributed by atoms with E-state index in [1.54, 1.807) is 0 Å². The second kappa shape index (κ2) is 8.66. The summed E-state index contributed by atoms with van der Waals surface area (Å²) < 4.78 is 37.8. The highest BCUT2D eigenvalue weighted by Gasteiger charge is 2.30. The molecule has 2 amide bonds. The van der Waals surface area contributed by atoms with E-state index in [1.165, 1.54) is 12.1 Å². The van der Waals surface area contributed by atoms with Gasteiger partial charge in [-0.1, -0.05) is 39.2 Å². The van der Waals surface area contributed by atoms with Crippen LogP contribution >= 0.6 is 0 Å². The van der Waals surface area contributed by atoms with Crippen molar-refractivity contribution in [2.24, 2.45) is 5.92 Å². The van der Waals surface area contributed by atoms with Gasteiger partial charge in [-0.25, -0.2) is 4.79 Å². The Kier molecular flexibility index (Phi) is 7.21. The lowest BCUT2D eigenvalue weighted by molar-refractivity contribution is -0.137. The summed E-state index contributed by atoms with van der Waals surface area (Å²) in [5.74, 6) is 0.396. The molecule has 0 radical (unpaired) electrons. The summed E-state index contributed by atoms with van der Waals surface area (Å²) in [5.41, 5.74) is -0.645. The zero-order valence-electron chi connectivity index (χ0n) is 13.0. The molecule has 0 bridgehead atoms. The molecule has 1 rings (SSSR count). The summed E-state index contributed by atoms with van der Waals surface area (Å²) in [4.78, 5) is 11.8. The minimum atomic E-state index is -4.42. The number of alkyl halides is 3. The summed E-state index contributed by atoms with van der Waals surface area (Å²) in [5, 5.41) is 5.16. The minimum Gasteiger partial charge on any atom is -0.338 e. The van der Waals surface area contributed by atoms with E-state index in [1.807, 2.05) is 0 Å². The zero-order valence-corrected chi connectivity index (χ0v) is 13.0. The highest BCUT2D eigenvalue weighted by atomic mass is 19.4.